The lowest BCUT2D eigenvalue weighted by molar-refractivity contribution is -0.122. The smallest absolute Gasteiger partial charge is 0.236 e. The van der Waals surface area contributed by atoms with E-state index in [1.54, 1.807) is 11.8 Å². The highest BCUT2D eigenvalue weighted by Gasteiger charge is 2.36. The molecule has 0 saturated carbocycles. The fourth-order valence-corrected chi connectivity index (χ4v) is 4.69. The number of aromatic amines is 1. The number of H-pyrrole nitrogens is 1. The fraction of sp³-hybridized carbons (Fsp3) is 0.294. The molecule has 0 radical (unpaired) electrons. The van der Waals surface area contributed by atoms with E-state index in [-0.39, 0.29) is 28.9 Å². The van der Waals surface area contributed by atoms with Gasteiger partial charge >= 0.3 is 0 Å². The van der Waals surface area contributed by atoms with Gasteiger partial charge < -0.3 is 10.3 Å². The molecule has 2 aromatic rings. The molecule has 7 nitrogen and oxygen atoms in total. The minimum Gasteiger partial charge on any atom is -0.324 e. The molecule has 0 fully saturated rings. The van der Waals surface area contributed by atoms with Crippen molar-refractivity contribution in [2.24, 2.45) is 10.9 Å². The molecule has 26 heavy (non-hydrogen) atoms. The Kier molecular flexibility index (Phi) is 4.73. The minimum absolute atomic E-state index is 0.0170. The largest absolute Gasteiger partial charge is 0.324 e. The van der Waals surface area contributed by atoms with Crippen molar-refractivity contribution in [3.8, 4) is 0 Å². The van der Waals surface area contributed by atoms with Gasteiger partial charge in [-0.2, -0.15) is 0 Å². The predicted octanol–water partition coefficient (Wildman–Crippen LogP) is 2.36. The van der Waals surface area contributed by atoms with Crippen molar-refractivity contribution in [2.45, 2.75) is 12.3 Å². The normalized spacial score (nSPS) is 21.8. The van der Waals surface area contributed by atoms with Gasteiger partial charge in [0.25, 0.3) is 0 Å². The van der Waals surface area contributed by atoms with Gasteiger partial charge in [0.2, 0.25) is 17.8 Å². The van der Waals surface area contributed by atoms with Crippen LogP contribution in [0.15, 0.2) is 40.2 Å². The molecule has 4 rings (SSSR count). The van der Waals surface area contributed by atoms with Crippen molar-refractivity contribution >= 4 is 58.2 Å². The molecule has 3 heterocycles. The molecule has 1 aromatic carbocycles. The van der Waals surface area contributed by atoms with Gasteiger partial charge in [-0.15, -0.1) is 23.5 Å². The highest BCUT2D eigenvalue weighted by atomic mass is 32.2. The van der Waals surface area contributed by atoms with E-state index in [2.05, 4.69) is 25.6 Å². The number of imidazole rings is 1. The average molecular weight is 387 g/mol. The van der Waals surface area contributed by atoms with Gasteiger partial charge in [-0.05, 0) is 24.0 Å². The van der Waals surface area contributed by atoms with Crippen molar-refractivity contribution in [3.05, 3.63) is 35.2 Å². The molecule has 0 saturated heterocycles. The average Bonchev–Trinajstić information content (AvgIpc) is 3.17. The number of carbonyl (C=O) groups excluding carboxylic acids is 2. The first-order chi connectivity index (χ1) is 12.6. The number of rotatable bonds is 5. The third-order valence-electron chi connectivity index (χ3n) is 4.00. The van der Waals surface area contributed by atoms with Crippen LogP contribution in [0.25, 0.3) is 11.0 Å². The third-order valence-corrected chi connectivity index (χ3v) is 6.09. The maximum atomic E-state index is 12.1. The molecule has 1 aromatic heterocycles. The highest BCUT2D eigenvalue weighted by molar-refractivity contribution is 8.04. The van der Waals surface area contributed by atoms with Crippen LogP contribution in [-0.2, 0) is 9.59 Å². The van der Waals surface area contributed by atoms with Gasteiger partial charge in [-0.25, -0.2) is 4.98 Å². The number of hydrogen-bond donors (Lipinski definition) is 3. The molecule has 0 bridgehead atoms. The summed E-state index contributed by atoms with van der Waals surface area (Å²) in [6, 6.07) is 7.59. The van der Waals surface area contributed by atoms with Gasteiger partial charge in [0, 0.05) is 0 Å². The zero-order valence-corrected chi connectivity index (χ0v) is 15.6. The van der Waals surface area contributed by atoms with Crippen LogP contribution < -0.4 is 10.6 Å². The second-order valence-corrected chi connectivity index (χ2v) is 8.37. The Balaban J connectivity index is 1.28. The molecule has 0 unspecified atom stereocenters. The van der Waals surface area contributed by atoms with Crippen LogP contribution in [0.1, 0.15) is 6.92 Å². The number of thioether (sulfide) groups is 2. The molecule has 9 heteroatoms. The molecular formula is C17H17N5O2S2. The van der Waals surface area contributed by atoms with Crippen molar-refractivity contribution in [1.29, 1.82) is 0 Å². The number of anilines is 1. The highest BCUT2D eigenvalue weighted by Crippen LogP contribution is 2.38. The quantitative estimate of drug-likeness (QED) is 0.731. The SMILES string of the molecule is CC1=C[C@@H]2C(=O)NC(CSCC(=O)Nc3nc4ccccc4[nH]3)=N[C@H]2S1. The number of para-hydroxylation sites is 2. The van der Waals surface area contributed by atoms with Crippen LogP contribution in [0, 0.1) is 5.92 Å². The first-order valence-corrected chi connectivity index (χ1v) is 10.2. The first-order valence-electron chi connectivity index (χ1n) is 8.13. The lowest BCUT2D eigenvalue weighted by Crippen LogP contribution is -2.44. The van der Waals surface area contributed by atoms with Gasteiger partial charge in [0.1, 0.15) is 11.2 Å². The Morgan fingerprint density at radius 2 is 2.23 bits per heavy atom. The zero-order valence-electron chi connectivity index (χ0n) is 14.0. The van der Waals surface area contributed by atoms with Crippen LogP contribution >= 0.6 is 23.5 Å². The zero-order chi connectivity index (χ0) is 18.1. The second-order valence-electron chi connectivity index (χ2n) is 6.02. The lowest BCUT2D eigenvalue weighted by Gasteiger charge is -2.22. The summed E-state index contributed by atoms with van der Waals surface area (Å²) < 4.78 is 0. The standard InChI is InChI=1S/C17H17N5O2S2/c1-9-6-10-15(24)20-13(21-16(10)26-9)7-25-8-14(23)22-17-18-11-4-2-3-5-12(11)19-17/h2-6,10,16H,7-8H2,1H3,(H,20,21,24)(H2,18,19,22,23)/t10-,16+/m1/s1. The lowest BCUT2D eigenvalue weighted by atomic mass is 10.1. The monoisotopic (exact) mass is 387 g/mol. The van der Waals surface area contributed by atoms with Crippen LogP contribution in [-0.4, -0.2) is 44.5 Å². The number of hydrogen-bond acceptors (Lipinski definition) is 6. The van der Waals surface area contributed by atoms with Crippen LogP contribution in [0.4, 0.5) is 5.95 Å². The van der Waals surface area contributed by atoms with E-state index in [0.717, 1.165) is 15.9 Å². The summed E-state index contributed by atoms with van der Waals surface area (Å²) in [6.45, 7) is 1.99. The Labute approximate surface area is 158 Å². The number of amides is 2. The maximum Gasteiger partial charge on any atom is 0.236 e. The Hall–Kier alpha value is -2.26. The Morgan fingerprint density at radius 1 is 1.38 bits per heavy atom. The number of carbonyl (C=O) groups is 2. The number of nitrogens with one attached hydrogen (secondary N) is 3. The van der Waals surface area contributed by atoms with Crippen LogP contribution in [0.5, 0.6) is 0 Å². The van der Waals surface area contributed by atoms with E-state index >= 15 is 0 Å². The number of aliphatic imine (C=N–C) groups is 1. The molecule has 2 amide bonds. The molecule has 2 atom stereocenters. The summed E-state index contributed by atoms with van der Waals surface area (Å²) in [6.07, 6.45) is 1.96. The van der Waals surface area contributed by atoms with E-state index in [1.165, 1.54) is 11.8 Å². The van der Waals surface area contributed by atoms with Gasteiger partial charge in [-0.3, -0.25) is 19.9 Å². The van der Waals surface area contributed by atoms with Crippen molar-refractivity contribution in [3.63, 3.8) is 0 Å². The van der Waals surface area contributed by atoms with Crippen molar-refractivity contribution < 1.29 is 9.59 Å². The van der Waals surface area contributed by atoms with E-state index in [9.17, 15) is 9.59 Å². The molecule has 134 valence electrons. The summed E-state index contributed by atoms with van der Waals surface area (Å²) in [4.78, 5) is 37.3. The molecular weight excluding hydrogens is 370 g/mol. The summed E-state index contributed by atoms with van der Waals surface area (Å²) in [7, 11) is 0. The summed E-state index contributed by atoms with van der Waals surface area (Å²) >= 11 is 3.02. The maximum absolute atomic E-state index is 12.1. The molecule has 0 aliphatic carbocycles. The van der Waals surface area contributed by atoms with Crippen molar-refractivity contribution in [2.75, 3.05) is 16.8 Å². The van der Waals surface area contributed by atoms with E-state index in [4.69, 9.17) is 0 Å². The van der Waals surface area contributed by atoms with Crippen LogP contribution in [0.2, 0.25) is 0 Å². The van der Waals surface area contributed by atoms with E-state index < -0.39 is 0 Å². The number of nitrogens with zero attached hydrogens (tertiary/aromatic N) is 2. The van der Waals surface area contributed by atoms with Crippen LogP contribution in [0.3, 0.4) is 0 Å². The Bertz CT molecular complexity index is 903. The van der Waals surface area contributed by atoms with E-state index in [1.807, 2.05) is 37.3 Å². The van der Waals surface area contributed by atoms with Crippen molar-refractivity contribution in [1.82, 2.24) is 15.3 Å². The van der Waals surface area contributed by atoms with Gasteiger partial charge in [0.15, 0.2) is 0 Å². The first kappa shape index (κ1) is 17.2. The molecule has 2 aliphatic rings. The third kappa shape index (κ3) is 3.63. The second kappa shape index (κ2) is 7.16. The van der Waals surface area contributed by atoms with E-state index in [0.29, 0.717) is 17.5 Å². The molecule has 0 spiro atoms. The molecule has 3 N–H and O–H groups in total. The van der Waals surface area contributed by atoms with Gasteiger partial charge in [0.05, 0.1) is 28.5 Å². The summed E-state index contributed by atoms with van der Waals surface area (Å²) in [5.41, 5.74) is 1.68. The topological polar surface area (TPSA) is 99.2 Å². The molecule has 2 aliphatic heterocycles. The summed E-state index contributed by atoms with van der Waals surface area (Å²) in [5.74, 6) is 1.47. The fourth-order valence-electron chi connectivity index (χ4n) is 2.86. The predicted molar refractivity (Wildman–Crippen MR) is 106 cm³/mol. The number of allylic oxidation sites excluding steroid dienone is 1. The minimum atomic E-state index is -0.176. The summed E-state index contributed by atoms with van der Waals surface area (Å²) in [5, 5.41) is 5.52. The number of aromatic nitrogens is 2. The Morgan fingerprint density at radius 3 is 3.08 bits per heavy atom. The van der Waals surface area contributed by atoms with Gasteiger partial charge in [-0.1, -0.05) is 18.2 Å². The number of benzene rings is 1. The number of amidine groups is 1. The number of fused-ring (bicyclic) bond motifs is 2.